The number of carboxylic acid groups (broad SMARTS) is 1. The second-order valence-electron chi connectivity index (χ2n) is 11.6. The summed E-state index contributed by atoms with van der Waals surface area (Å²) in [6, 6.07) is 26.0. The maximum absolute atomic E-state index is 13.7. The Morgan fingerprint density at radius 1 is 0.551 bits per heavy atom. The second-order valence-corrected chi connectivity index (χ2v) is 11.6. The van der Waals surface area contributed by atoms with Crippen molar-refractivity contribution in [1.29, 1.82) is 0 Å². The van der Waals surface area contributed by atoms with Gasteiger partial charge in [0.1, 0.15) is 18.7 Å². The van der Waals surface area contributed by atoms with Crippen LogP contribution >= 0.6 is 0 Å². The summed E-state index contributed by atoms with van der Waals surface area (Å²) in [4.78, 5) is 62.6. The molecule has 3 aromatic rings. The molecule has 5 amide bonds. The molecule has 0 saturated carbocycles. The molecule has 3 rings (SSSR count). The van der Waals surface area contributed by atoms with Crippen molar-refractivity contribution in [1.82, 2.24) is 26.6 Å². The molecule has 0 aliphatic rings. The van der Waals surface area contributed by atoms with Crippen molar-refractivity contribution in [3.05, 3.63) is 108 Å². The zero-order valence-corrected chi connectivity index (χ0v) is 27.7. The summed E-state index contributed by atoms with van der Waals surface area (Å²) in [5.41, 5.74) is 2.55. The fourth-order valence-corrected chi connectivity index (χ4v) is 5.04. The van der Waals surface area contributed by atoms with E-state index < -0.39 is 36.1 Å². The van der Waals surface area contributed by atoms with Crippen LogP contribution in [0.25, 0.3) is 0 Å². The van der Waals surface area contributed by atoms with Gasteiger partial charge < -0.3 is 36.4 Å². The molecule has 0 aliphatic heterocycles. The average molecular weight is 674 g/mol. The molecule has 0 saturated heterocycles. The highest BCUT2D eigenvalue weighted by Gasteiger charge is 2.27. The van der Waals surface area contributed by atoms with Crippen LogP contribution in [-0.2, 0) is 38.6 Å². The number of hydrogen-bond donors (Lipinski definition) is 6. The van der Waals surface area contributed by atoms with E-state index in [0.29, 0.717) is 13.0 Å². The first-order valence-electron chi connectivity index (χ1n) is 16.7. The van der Waals surface area contributed by atoms with Crippen LogP contribution in [0, 0.1) is 0 Å². The zero-order chi connectivity index (χ0) is 35.1. The van der Waals surface area contributed by atoms with Gasteiger partial charge in [0.05, 0.1) is 0 Å². The lowest BCUT2D eigenvalue weighted by Crippen LogP contribution is -2.55. The van der Waals surface area contributed by atoms with E-state index in [1.165, 1.54) is 0 Å². The molecule has 0 fully saturated rings. The van der Waals surface area contributed by atoms with Crippen molar-refractivity contribution in [2.75, 3.05) is 19.6 Å². The summed E-state index contributed by atoms with van der Waals surface area (Å²) in [6.45, 7) is 0.757. The van der Waals surface area contributed by atoms with Crippen LogP contribution in [0.5, 0.6) is 0 Å². The van der Waals surface area contributed by atoms with Crippen LogP contribution in [0.3, 0.4) is 0 Å². The Kier molecular flexibility index (Phi) is 17.3. The summed E-state index contributed by atoms with van der Waals surface area (Å²) in [7, 11) is 0. The first kappa shape index (κ1) is 38.1. The van der Waals surface area contributed by atoms with E-state index in [1.54, 1.807) is 0 Å². The maximum Gasteiger partial charge on any atom is 0.407 e. The lowest BCUT2D eigenvalue weighted by Gasteiger charge is -2.24. The average Bonchev–Trinajstić information content (AvgIpc) is 3.11. The molecule has 3 aromatic carbocycles. The normalized spacial score (nSPS) is 11.8. The molecular weight excluding hydrogens is 626 g/mol. The third-order valence-corrected chi connectivity index (χ3v) is 7.61. The predicted molar refractivity (Wildman–Crippen MR) is 186 cm³/mol. The molecule has 12 heteroatoms. The highest BCUT2D eigenvalue weighted by Crippen LogP contribution is 2.09. The van der Waals surface area contributed by atoms with Crippen LogP contribution in [0.2, 0.25) is 0 Å². The van der Waals surface area contributed by atoms with Gasteiger partial charge in [-0.2, -0.15) is 0 Å². The van der Waals surface area contributed by atoms with Gasteiger partial charge in [-0.15, -0.1) is 0 Å². The standard InChI is InChI=1S/C37H47N5O7/c43-33(21-13-2-1-3-14-22-39-36(46)47)41-32(26-29-17-9-5-10-18-29)35(45)42-31(25-28-15-7-4-8-16-28)34(44)38-23-24-40-37(48)49-27-30-19-11-6-12-20-30/h4-12,15-20,31-32,39H,1-3,13-14,21-27H2,(H,38,44)(H,40,48)(H,41,43)(H,42,45)(H,46,47). The number of ether oxygens (including phenoxy) is 1. The number of nitrogens with one attached hydrogen (secondary N) is 5. The van der Waals surface area contributed by atoms with Crippen molar-refractivity contribution in [3.8, 4) is 0 Å². The van der Waals surface area contributed by atoms with Gasteiger partial charge in [0, 0.05) is 38.9 Å². The minimum atomic E-state index is -1.04. The van der Waals surface area contributed by atoms with E-state index in [9.17, 15) is 24.0 Å². The molecular formula is C37H47N5O7. The highest BCUT2D eigenvalue weighted by atomic mass is 16.5. The molecule has 262 valence electrons. The van der Waals surface area contributed by atoms with Gasteiger partial charge >= 0.3 is 12.2 Å². The van der Waals surface area contributed by atoms with Crippen molar-refractivity contribution in [2.24, 2.45) is 0 Å². The van der Waals surface area contributed by atoms with Gasteiger partial charge in [-0.1, -0.05) is 110 Å². The molecule has 0 aromatic heterocycles. The highest BCUT2D eigenvalue weighted by molar-refractivity contribution is 5.92. The van der Waals surface area contributed by atoms with Crippen molar-refractivity contribution in [2.45, 2.75) is 70.1 Å². The van der Waals surface area contributed by atoms with Gasteiger partial charge in [0.15, 0.2) is 0 Å². The topological polar surface area (TPSA) is 175 Å². The summed E-state index contributed by atoms with van der Waals surface area (Å²) in [6.07, 6.45) is 2.92. The number of hydrogen-bond acceptors (Lipinski definition) is 6. The fourth-order valence-electron chi connectivity index (χ4n) is 5.04. The lowest BCUT2D eigenvalue weighted by molar-refractivity contribution is -0.132. The van der Waals surface area contributed by atoms with E-state index in [4.69, 9.17) is 9.84 Å². The first-order valence-corrected chi connectivity index (χ1v) is 16.7. The minimum Gasteiger partial charge on any atom is -0.465 e. The molecule has 49 heavy (non-hydrogen) atoms. The molecule has 6 N–H and O–H groups in total. The van der Waals surface area contributed by atoms with Crippen molar-refractivity contribution < 1.29 is 33.8 Å². The van der Waals surface area contributed by atoms with Gasteiger partial charge in [0.25, 0.3) is 0 Å². The molecule has 2 unspecified atom stereocenters. The molecule has 0 heterocycles. The Labute approximate surface area is 287 Å². The molecule has 12 nitrogen and oxygen atoms in total. The predicted octanol–water partition coefficient (Wildman–Crippen LogP) is 4.09. The summed E-state index contributed by atoms with van der Waals surface area (Å²) in [5, 5.41) is 22.1. The number of amides is 5. The molecule has 0 aliphatic carbocycles. The number of rotatable bonds is 21. The second kappa shape index (κ2) is 22.2. The van der Waals surface area contributed by atoms with E-state index in [2.05, 4.69) is 26.6 Å². The summed E-state index contributed by atoms with van der Waals surface area (Å²) < 4.78 is 5.20. The fraction of sp³-hybridized carbons (Fsp3) is 0.378. The van der Waals surface area contributed by atoms with Crippen LogP contribution in [0.1, 0.15) is 55.2 Å². The first-order chi connectivity index (χ1) is 23.8. The quantitative estimate of drug-likeness (QED) is 0.0924. The van der Waals surface area contributed by atoms with Crippen LogP contribution in [-0.4, -0.2) is 66.7 Å². The zero-order valence-electron chi connectivity index (χ0n) is 27.7. The van der Waals surface area contributed by atoms with Gasteiger partial charge in [0.2, 0.25) is 17.7 Å². The van der Waals surface area contributed by atoms with Crippen LogP contribution in [0.15, 0.2) is 91.0 Å². The number of carbonyl (C=O) groups excluding carboxylic acids is 4. The molecule has 0 spiro atoms. The van der Waals surface area contributed by atoms with E-state index in [0.717, 1.165) is 42.4 Å². The van der Waals surface area contributed by atoms with Crippen molar-refractivity contribution in [3.63, 3.8) is 0 Å². The largest absolute Gasteiger partial charge is 0.465 e. The number of benzene rings is 3. The van der Waals surface area contributed by atoms with E-state index >= 15 is 0 Å². The third-order valence-electron chi connectivity index (χ3n) is 7.61. The molecule has 0 radical (unpaired) electrons. The van der Waals surface area contributed by atoms with E-state index in [-0.39, 0.29) is 44.9 Å². The van der Waals surface area contributed by atoms with Crippen LogP contribution < -0.4 is 26.6 Å². The SMILES string of the molecule is O=C(O)NCCCCCCCC(=O)NC(Cc1ccccc1)C(=O)NC(Cc1ccccc1)C(=O)NCCNC(=O)OCc1ccccc1. The Morgan fingerprint density at radius 3 is 1.65 bits per heavy atom. The Morgan fingerprint density at radius 2 is 1.06 bits per heavy atom. The molecule has 2 atom stereocenters. The summed E-state index contributed by atoms with van der Waals surface area (Å²) in [5.74, 6) is -1.18. The Hall–Kier alpha value is -5.39. The van der Waals surface area contributed by atoms with Gasteiger partial charge in [-0.05, 0) is 29.5 Å². The lowest BCUT2D eigenvalue weighted by atomic mass is 10.0. The number of carbonyl (C=O) groups is 5. The number of alkyl carbamates (subject to hydrolysis) is 1. The van der Waals surface area contributed by atoms with Gasteiger partial charge in [-0.25, -0.2) is 9.59 Å². The van der Waals surface area contributed by atoms with Gasteiger partial charge in [-0.3, -0.25) is 14.4 Å². The van der Waals surface area contributed by atoms with Crippen LogP contribution in [0.4, 0.5) is 9.59 Å². The third kappa shape index (κ3) is 16.3. The maximum atomic E-state index is 13.7. The minimum absolute atomic E-state index is 0.112. The van der Waals surface area contributed by atoms with E-state index in [1.807, 2.05) is 91.0 Å². The van der Waals surface area contributed by atoms with Crippen molar-refractivity contribution >= 4 is 29.9 Å². The summed E-state index contributed by atoms with van der Waals surface area (Å²) >= 11 is 0. The Balaban J connectivity index is 1.55. The smallest absolute Gasteiger partial charge is 0.407 e. The molecule has 0 bridgehead atoms. The monoisotopic (exact) mass is 673 g/mol. The number of unbranched alkanes of at least 4 members (excludes halogenated alkanes) is 4. The Bertz CT molecular complexity index is 1440.